The van der Waals surface area contributed by atoms with E-state index in [4.69, 9.17) is 4.74 Å². The van der Waals surface area contributed by atoms with E-state index in [-0.39, 0.29) is 6.10 Å². The van der Waals surface area contributed by atoms with Gasteiger partial charge in [0.05, 0.1) is 17.2 Å². The van der Waals surface area contributed by atoms with Gasteiger partial charge in [-0.2, -0.15) is 17.7 Å². The Balaban J connectivity index is 1.63. The van der Waals surface area contributed by atoms with E-state index in [0.717, 1.165) is 42.5 Å². The number of alkyl halides is 3. The summed E-state index contributed by atoms with van der Waals surface area (Å²) in [4.78, 5) is 4.68. The highest BCUT2D eigenvalue weighted by Gasteiger charge is 2.31. The van der Waals surface area contributed by atoms with E-state index in [0.29, 0.717) is 29.3 Å². The first-order valence-corrected chi connectivity index (χ1v) is 9.68. The molecule has 0 spiro atoms. The number of hydrogen-bond acceptors (Lipinski definition) is 5. The molecular formula is C21H18F3N5O. The molecule has 9 heteroatoms. The maximum atomic E-state index is 13.2. The number of aromatic nitrogens is 4. The Morgan fingerprint density at radius 3 is 2.80 bits per heavy atom. The third kappa shape index (κ3) is 3.35. The lowest BCUT2D eigenvalue weighted by Gasteiger charge is -2.14. The minimum Gasteiger partial charge on any atom is -0.376 e. The molecule has 0 saturated carbocycles. The zero-order valence-corrected chi connectivity index (χ0v) is 15.9. The lowest BCUT2D eigenvalue weighted by atomic mass is 10.1. The molecule has 1 atom stereocenters. The van der Waals surface area contributed by atoms with Crippen LogP contribution >= 0.6 is 0 Å². The van der Waals surface area contributed by atoms with Crippen molar-refractivity contribution in [1.29, 1.82) is 0 Å². The van der Waals surface area contributed by atoms with Gasteiger partial charge < -0.3 is 10.1 Å². The quantitative estimate of drug-likeness (QED) is 0.532. The van der Waals surface area contributed by atoms with Crippen molar-refractivity contribution in [3.05, 3.63) is 54.1 Å². The van der Waals surface area contributed by atoms with Crippen LogP contribution in [0.3, 0.4) is 0 Å². The molecule has 0 unspecified atom stereocenters. The van der Waals surface area contributed by atoms with Crippen LogP contribution in [0.15, 0.2) is 48.5 Å². The topological polar surface area (TPSA) is 64.3 Å². The number of para-hydroxylation sites is 1. The van der Waals surface area contributed by atoms with E-state index in [1.807, 2.05) is 24.3 Å². The summed E-state index contributed by atoms with van der Waals surface area (Å²) in [5, 5.41) is 12.5. The highest BCUT2D eigenvalue weighted by atomic mass is 19.4. The van der Waals surface area contributed by atoms with E-state index in [9.17, 15) is 13.2 Å². The largest absolute Gasteiger partial charge is 0.416 e. The van der Waals surface area contributed by atoms with E-state index >= 15 is 0 Å². The van der Waals surface area contributed by atoms with Crippen molar-refractivity contribution in [3.8, 4) is 11.3 Å². The molecule has 0 amide bonds. The van der Waals surface area contributed by atoms with Crippen LogP contribution in [0, 0.1) is 0 Å². The average molecular weight is 413 g/mol. The maximum absolute atomic E-state index is 13.2. The molecule has 0 radical (unpaired) electrons. The van der Waals surface area contributed by atoms with Gasteiger partial charge in [-0.1, -0.05) is 29.5 Å². The molecular weight excluding hydrogens is 395 g/mol. The van der Waals surface area contributed by atoms with E-state index in [1.165, 1.54) is 6.07 Å². The molecule has 30 heavy (non-hydrogen) atoms. The Morgan fingerprint density at radius 1 is 1.13 bits per heavy atom. The Labute approximate surface area is 169 Å². The first kappa shape index (κ1) is 18.8. The summed E-state index contributed by atoms with van der Waals surface area (Å²) in [5.41, 5.74) is 1.03. The highest BCUT2D eigenvalue weighted by Crippen LogP contribution is 2.33. The predicted molar refractivity (Wildman–Crippen MR) is 106 cm³/mol. The van der Waals surface area contributed by atoms with Crippen LogP contribution in [-0.4, -0.2) is 39.1 Å². The highest BCUT2D eigenvalue weighted by molar-refractivity contribution is 5.93. The van der Waals surface area contributed by atoms with Gasteiger partial charge in [-0.3, -0.25) is 0 Å². The zero-order valence-electron chi connectivity index (χ0n) is 15.9. The molecule has 1 fully saturated rings. The van der Waals surface area contributed by atoms with Crippen LogP contribution in [0.5, 0.6) is 0 Å². The van der Waals surface area contributed by atoms with E-state index in [2.05, 4.69) is 20.6 Å². The number of nitrogens with zero attached hydrogens (tertiary/aromatic N) is 4. The molecule has 154 valence electrons. The average Bonchev–Trinajstić information content (AvgIpc) is 3.41. The fourth-order valence-corrected chi connectivity index (χ4v) is 3.74. The molecule has 1 aliphatic rings. The first-order valence-electron chi connectivity index (χ1n) is 9.68. The predicted octanol–water partition coefficient (Wildman–Crippen LogP) is 4.55. The monoisotopic (exact) mass is 413 g/mol. The molecule has 0 bridgehead atoms. The van der Waals surface area contributed by atoms with Gasteiger partial charge in [-0.15, -0.1) is 5.10 Å². The van der Waals surface area contributed by atoms with Crippen LogP contribution < -0.4 is 5.32 Å². The van der Waals surface area contributed by atoms with Gasteiger partial charge in [0.15, 0.2) is 5.65 Å². The minimum absolute atomic E-state index is 0.118. The number of halogens is 3. The molecule has 3 heterocycles. The van der Waals surface area contributed by atoms with Crippen LogP contribution in [-0.2, 0) is 10.9 Å². The fourth-order valence-electron chi connectivity index (χ4n) is 3.74. The Kier molecular flexibility index (Phi) is 4.54. The molecule has 5 rings (SSSR count). The van der Waals surface area contributed by atoms with Gasteiger partial charge in [-0.05, 0) is 37.1 Å². The van der Waals surface area contributed by atoms with E-state index in [1.54, 1.807) is 10.6 Å². The second-order valence-electron chi connectivity index (χ2n) is 7.25. The van der Waals surface area contributed by atoms with Crippen molar-refractivity contribution in [2.75, 3.05) is 18.5 Å². The van der Waals surface area contributed by atoms with Crippen molar-refractivity contribution in [2.45, 2.75) is 25.1 Å². The van der Waals surface area contributed by atoms with E-state index < -0.39 is 11.7 Å². The van der Waals surface area contributed by atoms with Gasteiger partial charge in [0.25, 0.3) is 0 Å². The SMILES string of the molecule is FC(F)(F)c1cccc(-c2nnn3c2nc(NC[C@H]2CCCO2)c2ccccc23)c1. The summed E-state index contributed by atoms with van der Waals surface area (Å²) in [7, 11) is 0. The fraction of sp³-hybridized carbons (Fsp3) is 0.286. The Morgan fingerprint density at radius 2 is 2.00 bits per heavy atom. The second-order valence-corrected chi connectivity index (χ2v) is 7.25. The third-order valence-electron chi connectivity index (χ3n) is 5.24. The van der Waals surface area contributed by atoms with Crippen molar-refractivity contribution in [2.24, 2.45) is 0 Å². The standard InChI is InChI=1S/C21H18F3N5O/c22-21(23,24)14-6-3-5-13(11-14)18-20-26-19(25-12-15-7-4-10-30-15)16-8-1-2-9-17(16)29(20)28-27-18/h1-3,5-6,8-9,11,15H,4,7,10,12H2,(H,25,26)/t15-/m1/s1. The lowest BCUT2D eigenvalue weighted by molar-refractivity contribution is -0.137. The van der Waals surface area contributed by atoms with Gasteiger partial charge in [0.2, 0.25) is 0 Å². The Hall–Kier alpha value is -3.20. The molecule has 2 aromatic heterocycles. The summed E-state index contributed by atoms with van der Waals surface area (Å²) in [6.07, 6.45) is -2.30. The smallest absolute Gasteiger partial charge is 0.376 e. The number of fused-ring (bicyclic) bond motifs is 3. The third-order valence-corrected chi connectivity index (χ3v) is 5.24. The van der Waals surface area contributed by atoms with Crippen LogP contribution in [0.25, 0.3) is 27.8 Å². The summed E-state index contributed by atoms with van der Waals surface area (Å²) >= 11 is 0. The number of benzene rings is 2. The molecule has 1 aliphatic heterocycles. The van der Waals surface area contributed by atoms with Gasteiger partial charge in [0, 0.05) is 24.1 Å². The number of nitrogens with one attached hydrogen (secondary N) is 1. The normalized spacial score (nSPS) is 17.1. The molecule has 6 nitrogen and oxygen atoms in total. The lowest BCUT2D eigenvalue weighted by Crippen LogP contribution is -2.19. The summed E-state index contributed by atoms with van der Waals surface area (Å²) in [6, 6.07) is 12.6. The van der Waals surface area contributed by atoms with Gasteiger partial charge in [0.1, 0.15) is 11.5 Å². The molecule has 2 aromatic carbocycles. The molecule has 1 N–H and O–H groups in total. The zero-order chi connectivity index (χ0) is 20.7. The van der Waals surface area contributed by atoms with Gasteiger partial charge in [-0.25, -0.2) is 4.98 Å². The molecule has 1 saturated heterocycles. The Bertz CT molecular complexity index is 1210. The van der Waals surface area contributed by atoms with Crippen molar-refractivity contribution < 1.29 is 17.9 Å². The number of rotatable bonds is 4. The molecule has 0 aliphatic carbocycles. The van der Waals surface area contributed by atoms with Crippen molar-refractivity contribution >= 4 is 22.4 Å². The van der Waals surface area contributed by atoms with Crippen LogP contribution in [0.1, 0.15) is 18.4 Å². The summed E-state index contributed by atoms with van der Waals surface area (Å²) in [6.45, 7) is 1.36. The maximum Gasteiger partial charge on any atom is 0.416 e. The van der Waals surface area contributed by atoms with Crippen LogP contribution in [0.4, 0.5) is 19.0 Å². The van der Waals surface area contributed by atoms with Gasteiger partial charge >= 0.3 is 6.18 Å². The summed E-state index contributed by atoms with van der Waals surface area (Å²) < 4.78 is 46.7. The number of hydrogen-bond donors (Lipinski definition) is 1. The van der Waals surface area contributed by atoms with Crippen molar-refractivity contribution in [3.63, 3.8) is 0 Å². The minimum atomic E-state index is -4.44. The van der Waals surface area contributed by atoms with Crippen LogP contribution in [0.2, 0.25) is 0 Å². The van der Waals surface area contributed by atoms with Crippen molar-refractivity contribution in [1.82, 2.24) is 19.8 Å². The molecule has 4 aromatic rings. The second kappa shape index (κ2) is 7.24. The first-order chi connectivity index (χ1) is 14.5. The number of anilines is 1. The number of ether oxygens (including phenoxy) is 1. The summed E-state index contributed by atoms with van der Waals surface area (Å²) in [5.74, 6) is 0.629.